The molecule has 15 heavy (non-hydrogen) atoms. The molecule has 0 amide bonds. The third-order valence-corrected chi connectivity index (χ3v) is 2.59. The average Bonchev–Trinajstić information content (AvgIpc) is 2.26. The van der Waals surface area contributed by atoms with Gasteiger partial charge in [-0.3, -0.25) is 0 Å². The first-order valence-corrected chi connectivity index (χ1v) is 5.36. The van der Waals surface area contributed by atoms with Crippen LogP contribution in [0, 0.1) is 0 Å². The maximum Gasteiger partial charge on any atom is 0.338 e. The number of aliphatic hydroxyl groups is 2. The molecule has 1 rings (SSSR count). The van der Waals surface area contributed by atoms with Crippen LogP contribution in [-0.2, 0) is 10.1 Å². The Balaban J connectivity index is 3.28. The van der Waals surface area contributed by atoms with Crippen LogP contribution in [0.5, 0.6) is 0 Å². The summed E-state index contributed by atoms with van der Waals surface area (Å²) < 4.78 is 4.59. The van der Waals surface area contributed by atoms with Crippen molar-refractivity contribution in [1.29, 1.82) is 0 Å². The lowest BCUT2D eigenvalue weighted by Crippen LogP contribution is -2.09. The van der Waals surface area contributed by atoms with Gasteiger partial charge in [0.05, 0.1) is 12.7 Å². The van der Waals surface area contributed by atoms with E-state index in [0.29, 0.717) is 22.0 Å². The summed E-state index contributed by atoms with van der Waals surface area (Å²) in [5.74, 6) is -0.494. The normalized spacial score (nSPS) is 10.5. The lowest BCUT2D eigenvalue weighted by atomic mass is 10.0. The number of benzene rings is 1. The summed E-state index contributed by atoms with van der Waals surface area (Å²) in [6.07, 6.45) is -1.60. The molecule has 0 heterocycles. The topological polar surface area (TPSA) is 66.8 Å². The quantitative estimate of drug-likeness (QED) is 0.496. The molecule has 1 aromatic rings. The number of halogens is 1. The molecule has 0 atom stereocenters. The third-order valence-electron chi connectivity index (χ3n) is 2.03. The Bertz CT molecular complexity index is 362. The Morgan fingerprint density at radius 3 is 2.67 bits per heavy atom. The molecule has 0 aromatic heterocycles. The van der Waals surface area contributed by atoms with E-state index < -0.39 is 12.3 Å². The van der Waals surface area contributed by atoms with Gasteiger partial charge in [0.25, 0.3) is 0 Å². The van der Waals surface area contributed by atoms with Crippen LogP contribution in [0.3, 0.4) is 0 Å². The predicted molar refractivity (Wildman–Crippen MR) is 57.6 cm³/mol. The van der Waals surface area contributed by atoms with Crippen LogP contribution >= 0.6 is 15.9 Å². The second kappa shape index (κ2) is 5.25. The van der Waals surface area contributed by atoms with E-state index in [9.17, 15) is 4.79 Å². The number of rotatable bonds is 3. The number of alkyl halides is 1. The monoisotopic (exact) mass is 274 g/mol. The number of aliphatic hydroxyl groups excluding tert-OH is 1. The molecule has 5 heteroatoms. The van der Waals surface area contributed by atoms with Crippen LogP contribution in [0.4, 0.5) is 0 Å². The highest BCUT2D eigenvalue weighted by Crippen LogP contribution is 2.23. The lowest BCUT2D eigenvalue weighted by Gasteiger charge is -2.12. The second-order valence-electron chi connectivity index (χ2n) is 2.87. The molecule has 0 saturated heterocycles. The zero-order valence-corrected chi connectivity index (χ0v) is 9.69. The minimum atomic E-state index is -1.60. The van der Waals surface area contributed by atoms with Crippen LogP contribution in [-0.4, -0.2) is 23.3 Å². The van der Waals surface area contributed by atoms with Crippen molar-refractivity contribution in [2.75, 3.05) is 7.11 Å². The summed E-state index contributed by atoms with van der Waals surface area (Å²) in [6.45, 7) is 0. The van der Waals surface area contributed by atoms with Crippen molar-refractivity contribution in [3.05, 3.63) is 34.9 Å². The molecule has 2 N–H and O–H groups in total. The molecule has 4 nitrogen and oxygen atoms in total. The standard InChI is InChI=1S/C10H11BrO4/c1-15-10(14)7-4-2-3-6(9(12)13)8(7)5-11/h2-4,9,12-13H,5H2,1H3. The van der Waals surface area contributed by atoms with Gasteiger partial charge in [0.1, 0.15) is 0 Å². The fourth-order valence-corrected chi connectivity index (χ4v) is 1.92. The minimum Gasteiger partial charge on any atom is -0.465 e. The van der Waals surface area contributed by atoms with Gasteiger partial charge in [0.15, 0.2) is 6.29 Å². The van der Waals surface area contributed by atoms with Gasteiger partial charge in [-0.2, -0.15) is 0 Å². The van der Waals surface area contributed by atoms with Gasteiger partial charge in [-0.05, 0) is 11.6 Å². The van der Waals surface area contributed by atoms with Crippen molar-refractivity contribution in [3.8, 4) is 0 Å². The summed E-state index contributed by atoms with van der Waals surface area (Å²) in [5, 5.41) is 18.5. The molecule has 0 unspecified atom stereocenters. The highest BCUT2D eigenvalue weighted by molar-refractivity contribution is 9.08. The number of carbonyl (C=O) groups excluding carboxylic acids is 1. The second-order valence-corrected chi connectivity index (χ2v) is 3.43. The van der Waals surface area contributed by atoms with E-state index in [1.807, 2.05) is 0 Å². The van der Waals surface area contributed by atoms with E-state index in [1.54, 1.807) is 18.2 Å². The molecule has 0 spiro atoms. The van der Waals surface area contributed by atoms with Crippen molar-refractivity contribution in [2.45, 2.75) is 11.6 Å². The number of hydrogen-bond donors (Lipinski definition) is 2. The first kappa shape index (κ1) is 12.2. The highest BCUT2D eigenvalue weighted by Gasteiger charge is 2.17. The molecule has 0 fully saturated rings. The Hall–Kier alpha value is -0.910. The van der Waals surface area contributed by atoms with Gasteiger partial charge >= 0.3 is 5.97 Å². The average molecular weight is 275 g/mol. The molecule has 82 valence electrons. The Morgan fingerprint density at radius 1 is 1.53 bits per heavy atom. The van der Waals surface area contributed by atoms with Gasteiger partial charge < -0.3 is 14.9 Å². The summed E-state index contributed by atoms with van der Waals surface area (Å²) in [4.78, 5) is 11.4. The zero-order valence-electron chi connectivity index (χ0n) is 8.11. The van der Waals surface area contributed by atoms with Crippen LogP contribution in [0.2, 0.25) is 0 Å². The van der Waals surface area contributed by atoms with Crippen molar-refractivity contribution >= 4 is 21.9 Å². The third kappa shape index (κ3) is 2.56. The smallest absolute Gasteiger partial charge is 0.338 e. The molecular weight excluding hydrogens is 264 g/mol. The Kier molecular flexibility index (Phi) is 4.26. The van der Waals surface area contributed by atoms with Gasteiger partial charge in [-0.15, -0.1) is 0 Å². The number of ether oxygens (including phenoxy) is 1. The van der Waals surface area contributed by atoms with Gasteiger partial charge in [0, 0.05) is 10.9 Å². The molecule has 0 aliphatic carbocycles. The van der Waals surface area contributed by atoms with Crippen LogP contribution in [0.25, 0.3) is 0 Å². The molecule has 0 bridgehead atoms. The predicted octanol–water partition coefficient (Wildman–Crippen LogP) is 1.35. The van der Waals surface area contributed by atoms with Crippen LogP contribution < -0.4 is 0 Å². The van der Waals surface area contributed by atoms with Crippen LogP contribution in [0.15, 0.2) is 18.2 Å². The molecular formula is C10H11BrO4. The number of esters is 1. The molecule has 1 aromatic carbocycles. The van der Waals surface area contributed by atoms with Crippen LogP contribution in [0.1, 0.15) is 27.8 Å². The summed E-state index contributed by atoms with van der Waals surface area (Å²) in [5.41, 5.74) is 1.16. The fourth-order valence-electron chi connectivity index (χ4n) is 1.30. The van der Waals surface area contributed by atoms with E-state index in [0.717, 1.165) is 0 Å². The van der Waals surface area contributed by atoms with Gasteiger partial charge in [0.2, 0.25) is 0 Å². The SMILES string of the molecule is COC(=O)c1cccc(C(O)O)c1CBr. The largest absolute Gasteiger partial charge is 0.465 e. The van der Waals surface area contributed by atoms with Crippen molar-refractivity contribution < 1.29 is 19.7 Å². The molecule has 0 radical (unpaired) electrons. The zero-order chi connectivity index (χ0) is 11.4. The molecule has 0 saturated carbocycles. The van der Waals surface area contributed by atoms with E-state index in [-0.39, 0.29) is 0 Å². The Labute approximate surface area is 95.6 Å². The summed E-state index contributed by atoms with van der Waals surface area (Å²) >= 11 is 3.19. The molecule has 0 aliphatic heterocycles. The Morgan fingerprint density at radius 2 is 2.20 bits per heavy atom. The first-order valence-electron chi connectivity index (χ1n) is 4.24. The van der Waals surface area contributed by atoms with Gasteiger partial charge in [-0.1, -0.05) is 28.1 Å². The summed E-state index contributed by atoms with van der Waals surface area (Å²) in [6, 6.07) is 4.70. The number of methoxy groups -OCH3 is 1. The van der Waals surface area contributed by atoms with E-state index in [1.165, 1.54) is 7.11 Å². The van der Waals surface area contributed by atoms with E-state index in [4.69, 9.17) is 10.2 Å². The van der Waals surface area contributed by atoms with Gasteiger partial charge in [-0.25, -0.2) is 4.79 Å². The first-order chi connectivity index (χ1) is 7.11. The molecule has 0 aliphatic rings. The van der Waals surface area contributed by atoms with Crippen molar-refractivity contribution in [3.63, 3.8) is 0 Å². The highest BCUT2D eigenvalue weighted by atomic mass is 79.9. The van der Waals surface area contributed by atoms with Crippen molar-refractivity contribution in [2.24, 2.45) is 0 Å². The fraction of sp³-hybridized carbons (Fsp3) is 0.300. The number of carbonyl (C=O) groups is 1. The maximum atomic E-state index is 11.4. The van der Waals surface area contributed by atoms with Crippen molar-refractivity contribution in [1.82, 2.24) is 0 Å². The number of hydrogen-bond acceptors (Lipinski definition) is 4. The minimum absolute atomic E-state index is 0.301. The maximum absolute atomic E-state index is 11.4. The van der Waals surface area contributed by atoms with E-state index in [2.05, 4.69) is 20.7 Å². The summed E-state index contributed by atoms with van der Waals surface area (Å²) in [7, 11) is 1.28. The van der Waals surface area contributed by atoms with E-state index >= 15 is 0 Å². The lowest BCUT2D eigenvalue weighted by molar-refractivity contribution is -0.0429.